The Balaban J connectivity index is 1.95. The fourth-order valence-electron chi connectivity index (χ4n) is 2.93. The van der Waals surface area contributed by atoms with E-state index in [0.29, 0.717) is 6.61 Å². The highest BCUT2D eigenvalue weighted by molar-refractivity contribution is 5.91. The van der Waals surface area contributed by atoms with Crippen LogP contribution >= 0.6 is 0 Å². The predicted octanol–water partition coefficient (Wildman–Crippen LogP) is 4.75. The third-order valence-electron chi connectivity index (χ3n) is 4.10. The fourth-order valence-corrected chi connectivity index (χ4v) is 2.93. The molecule has 0 saturated carbocycles. The van der Waals surface area contributed by atoms with E-state index < -0.39 is 0 Å². The Kier molecular flexibility index (Phi) is 5.13. The van der Waals surface area contributed by atoms with Crippen molar-refractivity contribution in [2.24, 2.45) is 0 Å². The van der Waals surface area contributed by atoms with Gasteiger partial charge in [0, 0.05) is 16.7 Å². The first kappa shape index (κ1) is 16.1. The van der Waals surface area contributed by atoms with Gasteiger partial charge in [0.2, 0.25) is 0 Å². The average molecular weight is 316 g/mol. The molecule has 1 aliphatic carbocycles. The van der Waals surface area contributed by atoms with Gasteiger partial charge in [-0.1, -0.05) is 60.4 Å². The van der Waals surface area contributed by atoms with Crippen molar-refractivity contribution in [2.75, 3.05) is 6.61 Å². The van der Waals surface area contributed by atoms with E-state index in [1.807, 2.05) is 43.3 Å². The first-order valence-electron chi connectivity index (χ1n) is 8.35. The zero-order chi connectivity index (χ0) is 16.8. The van der Waals surface area contributed by atoms with Crippen molar-refractivity contribution in [3.63, 3.8) is 0 Å². The summed E-state index contributed by atoms with van der Waals surface area (Å²) in [5.41, 5.74) is 4.92. The van der Waals surface area contributed by atoms with Gasteiger partial charge in [-0.15, -0.1) is 0 Å². The number of allylic oxidation sites excluding steroid dienone is 1. The molecule has 2 aromatic rings. The van der Waals surface area contributed by atoms with Crippen molar-refractivity contribution in [3.8, 4) is 23.0 Å². The molecule has 0 bridgehead atoms. The number of benzene rings is 2. The molecule has 120 valence electrons. The van der Waals surface area contributed by atoms with Gasteiger partial charge in [0.05, 0.1) is 6.61 Å². The molecule has 0 unspecified atom stereocenters. The molecular formula is C22H20O2. The maximum absolute atomic E-state index is 12.0. The molecule has 0 heterocycles. The lowest BCUT2D eigenvalue weighted by Crippen LogP contribution is -2.07. The molecule has 0 aliphatic heterocycles. The molecule has 0 amide bonds. The first-order valence-corrected chi connectivity index (χ1v) is 8.35. The topological polar surface area (TPSA) is 26.3 Å². The lowest BCUT2D eigenvalue weighted by molar-refractivity contribution is -0.138. The van der Waals surface area contributed by atoms with Crippen LogP contribution in [-0.2, 0) is 9.53 Å². The quantitative estimate of drug-likeness (QED) is 0.603. The minimum Gasteiger partial charge on any atom is -0.463 e. The highest BCUT2D eigenvalue weighted by Crippen LogP contribution is 2.27. The Morgan fingerprint density at radius 3 is 2.54 bits per heavy atom. The van der Waals surface area contributed by atoms with Crippen molar-refractivity contribution < 1.29 is 9.53 Å². The van der Waals surface area contributed by atoms with E-state index in [0.717, 1.165) is 47.1 Å². The molecule has 2 nitrogen and oxygen atoms in total. The fraction of sp³-hybridized carbons (Fsp3) is 0.227. The van der Waals surface area contributed by atoms with Gasteiger partial charge in [0.25, 0.3) is 0 Å². The summed E-state index contributed by atoms with van der Waals surface area (Å²) in [5.74, 6) is 6.28. The summed E-state index contributed by atoms with van der Waals surface area (Å²) >= 11 is 0. The van der Waals surface area contributed by atoms with Gasteiger partial charge in [0.15, 0.2) is 0 Å². The Bertz CT molecular complexity index is 820. The number of hydrogen-bond donors (Lipinski definition) is 0. The van der Waals surface area contributed by atoms with Crippen molar-refractivity contribution in [2.45, 2.75) is 26.2 Å². The number of ether oxygens (including phenoxy) is 1. The maximum atomic E-state index is 12.0. The van der Waals surface area contributed by atoms with Crippen LogP contribution in [0.1, 0.15) is 31.7 Å². The normalized spacial score (nSPS) is 13.4. The minimum absolute atomic E-state index is 0.212. The van der Waals surface area contributed by atoms with Crippen molar-refractivity contribution in [1.29, 1.82) is 0 Å². The monoisotopic (exact) mass is 316 g/mol. The number of carbonyl (C=O) groups excluding carboxylic acids is 1. The average Bonchev–Trinajstić information content (AvgIpc) is 3.10. The molecule has 2 heteroatoms. The van der Waals surface area contributed by atoms with Gasteiger partial charge in [-0.05, 0) is 43.4 Å². The summed E-state index contributed by atoms with van der Waals surface area (Å²) in [6, 6.07) is 18.3. The Morgan fingerprint density at radius 2 is 1.75 bits per heavy atom. The third kappa shape index (κ3) is 3.58. The molecule has 0 N–H and O–H groups in total. The highest BCUT2D eigenvalue weighted by Gasteiger charge is 2.20. The van der Waals surface area contributed by atoms with Gasteiger partial charge in [-0.2, -0.15) is 0 Å². The Hall–Kier alpha value is -2.79. The van der Waals surface area contributed by atoms with Crippen LogP contribution < -0.4 is 0 Å². The summed E-state index contributed by atoms with van der Waals surface area (Å²) < 4.78 is 5.14. The second kappa shape index (κ2) is 7.66. The van der Waals surface area contributed by atoms with Crippen LogP contribution in [0.15, 0.2) is 65.7 Å². The van der Waals surface area contributed by atoms with Gasteiger partial charge in [-0.3, -0.25) is 0 Å². The van der Waals surface area contributed by atoms with Crippen molar-refractivity contribution >= 4 is 5.97 Å². The number of carbonyl (C=O) groups is 1. The van der Waals surface area contributed by atoms with Gasteiger partial charge in [-0.25, -0.2) is 4.79 Å². The third-order valence-corrected chi connectivity index (χ3v) is 4.10. The second-order valence-electron chi connectivity index (χ2n) is 5.69. The van der Waals surface area contributed by atoms with Crippen LogP contribution in [0.2, 0.25) is 0 Å². The number of esters is 1. The molecule has 1 aliphatic rings. The molecular weight excluding hydrogens is 296 g/mol. The SMILES string of the molecule is CCOC(=O)C1=C(C#Cc2ccccc2-c2ccccc2)CCC1. The zero-order valence-electron chi connectivity index (χ0n) is 13.8. The van der Waals surface area contributed by atoms with Crippen LogP contribution in [-0.4, -0.2) is 12.6 Å². The van der Waals surface area contributed by atoms with E-state index in [-0.39, 0.29) is 5.97 Å². The van der Waals surface area contributed by atoms with Crippen LogP contribution in [0.4, 0.5) is 0 Å². The molecule has 0 saturated heterocycles. The van der Waals surface area contributed by atoms with Crippen molar-refractivity contribution in [3.05, 3.63) is 71.3 Å². The van der Waals surface area contributed by atoms with Crippen LogP contribution in [0.5, 0.6) is 0 Å². The van der Waals surface area contributed by atoms with Gasteiger partial charge in [0.1, 0.15) is 0 Å². The molecule has 24 heavy (non-hydrogen) atoms. The van der Waals surface area contributed by atoms with E-state index in [9.17, 15) is 4.79 Å². The molecule has 2 aromatic carbocycles. The minimum atomic E-state index is -0.212. The smallest absolute Gasteiger partial charge is 0.334 e. The molecule has 0 aromatic heterocycles. The van der Waals surface area contributed by atoms with Crippen LogP contribution in [0.3, 0.4) is 0 Å². The number of rotatable bonds is 3. The van der Waals surface area contributed by atoms with E-state index in [4.69, 9.17) is 4.74 Å². The van der Waals surface area contributed by atoms with Crippen molar-refractivity contribution in [1.82, 2.24) is 0 Å². The largest absolute Gasteiger partial charge is 0.463 e. The lowest BCUT2D eigenvalue weighted by Gasteiger charge is -2.04. The summed E-state index contributed by atoms with van der Waals surface area (Å²) in [5, 5.41) is 0. The summed E-state index contributed by atoms with van der Waals surface area (Å²) in [4.78, 5) is 12.0. The molecule has 0 spiro atoms. The van der Waals surface area contributed by atoms with Gasteiger partial charge >= 0.3 is 5.97 Å². The summed E-state index contributed by atoms with van der Waals surface area (Å²) in [6.45, 7) is 2.23. The lowest BCUT2D eigenvalue weighted by atomic mass is 9.99. The van der Waals surface area contributed by atoms with E-state index >= 15 is 0 Å². The zero-order valence-corrected chi connectivity index (χ0v) is 13.8. The van der Waals surface area contributed by atoms with Crippen LogP contribution in [0.25, 0.3) is 11.1 Å². The molecule has 0 fully saturated rings. The standard InChI is InChI=1S/C22H20O2/c1-2-24-22(23)21-14-8-12-19(21)16-15-18-11-6-7-13-20(18)17-9-4-3-5-10-17/h3-7,9-11,13H,2,8,12,14H2,1H3. The summed E-state index contributed by atoms with van der Waals surface area (Å²) in [7, 11) is 0. The van der Waals surface area contributed by atoms with E-state index in [1.54, 1.807) is 0 Å². The number of hydrogen-bond acceptors (Lipinski definition) is 2. The molecule has 0 atom stereocenters. The summed E-state index contributed by atoms with van der Waals surface area (Å²) in [6.07, 6.45) is 2.59. The van der Waals surface area contributed by atoms with E-state index in [2.05, 4.69) is 30.0 Å². The highest BCUT2D eigenvalue weighted by atomic mass is 16.5. The van der Waals surface area contributed by atoms with Crippen LogP contribution in [0, 0.1) is 11.8 Å². The molecule has 3 rings (SSSR count). The van der Waals surface area contributed by atoms with E-state index in [1.165, 1.54) is 0 Å². The Labute approximate surface area is 143 Å². The predicted molar refractivity (Wildman–Crippen MR) is 96.3 cm³/mol. The maximum Gasteiger partial charge on any atom is 0.334 e. The van der Waals surface area contributed by atoms with Gasteiger partial charge < -0.3 is 4.74 Å². The first-order chi connectivity index (χ1) is 11.8. The Morgan fingerprint density at radius 1 is 1.00 bits per heavy atom. The second-order valence-corrected chi connectivity index (χ2v) is 5.69. The molecule has 0 radical (unpaired) electrons.